The van der Waals surface area contributed by atoms with Crippen molar-refractivity contribution in [3.8, 4) is 11.1 Å². The highest BCUT2D eigenvalue weighted by Crippen LogP contribution is 2.44. The Balaban J connectivity index is 1.87. The standard InChI is InChI=1S/C29H32F3NO2/c1-19(2)11-16-26(21-12-14-23(15-13-21)29(30,31)32)33-18-25(20-7-4-3-5-8-20)24-10-6-9-22(28(24)33)17-27(34)35/h3-5,7-8,12-15,18-19,22,26H,6,9-11,16-17H2,1-2H3,(H,34,35)/t22?,26-/m0/s1. The Bertz CT molecular complexity index is 1150. The van der Waals surface area contributed by atoms with Crippen molar-refractivity contribution < 1.29 is 23.1 Å². The van der Waals surface area contributed by atoms with E-state index in [1.54, 1.807) is 12.1 Å². The summed E-state index contributed by atoms with van der Waals surface area (Å²) in [5.74, 6) is -0.517. The van der Waals surface area contributed by atoms with E-state index in [0.29, 0.717) is 5.92 Å². The first-order chi connectivity index (χ1) is 16.6. The number of halogens is 3. The number of carboxylic acid groups (broad SMARTS) is 1. The molecule has 1 aromatic heterocycles. The van der Waals surface area contributed by atoms with E-state index in [9.17, 15) is 23.1 Å². The molecule has 6 heteroatoms. The Morgan fingerprint density at radius 2 is 1.74 bits per heavy atom. The average Bonchev–Trinajstić information content (AvgIpc) is 3.19. The number of aliphatic carboxylic acids is 1. The Kier molecular flexibility index (Phi) is 7.39. The van der Waals surface area contributed by atoms with E-state index in [1.807, 2.05) is 18.2 Å². The van der Waals surface area contributed by atoms with Gasteiger partial charge in [-0.15, -0.1) is 0 Å². The summed E-state index contributed by atoms with van der Waals surface area (Å²) in [4.78, 5) is 11.7. The second-order valence-electron chi connectivity index (χ2n) is 9.97. The van der Waals surface area contributed by atoms with Crippen LogP contribution in [0.15, 0.2) is 60.8 Å². The van der Waals surface area contributed by atoms with E-state index < -0.39 is 17.7 Å². The van der Waals surface area contributed by atoms with Gasteiger partial charge in [-0.3, -0.25) is 4.79 Å². The molecule has 186 valence electrons. The number of carboxylic acids is 1. The summed E-state index contributed by atoms with van der Waals surface area (Å²) in [6.45, 7) is 4.27. The molecule has 3 aromatic rings. The maximum Gasteiger partial charge on any atom is 0.416 e. The Labute approximate surface area is 204 Å². The fraction of sp³-hybridized carbons (Fsp3) is 0.414. The van der Waals surface area contributed by atoms with E-state index in [1.165, 1.54) is 5.56 Å². The van der Waals surface area contributed by atoms with Gasteiger partial charge >= 0.3 is 12.1 Å². The molecule has 2 atom stereocenters. The molecular weight excluding hydrogens is 451 g/mol. The smallest absolute Gasteiger partial charge is 0.416 e. The summed E-state index contributed by atoms with van der Waals surface area (Å²) in [6.07, 6.45) is 2.03. The predicted molar refractivity (Wildman–Crippen MR) is 131 cm³/mol. The maximum absolute atomic E-state index is 13.2. The van der Waals surface area contributed by atoms with E-state index in [2.05, 4.69) is 36.7 Å². The topological polar surface area (TPSA) is 42.2 Å². The van der Waals surface area contributed by atoms with Crippen LogP contribution in [0.25, 0.3) is 11.1 Å². The van der Waals surface area contributed by atoms with Gasteiger partial charge in [-0.05, 0) is 66.8 Å². The molecule has 1 unspecified atom stereocenters. The third kappa shape index (κ3) is 5.63. The van der Waals surface area contributed by atoms with Crippen LogP contribution >= 0.6 is 0 Å². The Morgan fingerprint density at radius 1 is 1.06 bits per heavy atom. The number of rotatable bonds is 8. The lowest BCUT2D eigenvalue weighted by molar-refractivity contribution is -0.138. The molecule has 0 aliphatic heterocycles. The summed E-state index contributed by atoms with van der Waals surface area (Å²) in [7, 11) is 0. The Morgan fingerprint density at radius 3 is 2.34 bits per heavy atom. The third-order valence-corrected chi connectivity index (χ3v) is 7.03. The van der Waals surface area contributed by atoms with Crippen molar-refractivity contribution in [1.82, 2.24) is 4.57 Å². The first-order valence-electron chi connectivity index (χ1n) is 12.3. The lowest BCUT2D eigenvalue weighted by Gasteiger charge is -2.29. The van der Waals surface area contributed by atoms with E-state index >= 15 is 0 Å². The number of fused-ring (bicyclic) bond motifs is 1. The van der Waals surface area contributed by atoms with Crippen molar-refractivity contribution in [2.24, 2.45) is 5.92 Å². The number of hydrogen-bond donors (Lipinski definition) is 1. The van der Waals surface area contributed by atoms with Crippen molar-refractivity contribution in [3.05, 3.63) is 83.2 Å². The van der Waals surface area contributed by atoms with Crippen molar-refractivity contribution in [2.45, 2.75) is 70.5 Å². The summed E-state index contributed by atoms with van der Waals surface area (Å²) < 4.78 is 41.9. The van der Waals surface area contributed by atoms with Gasteiger partial charge in [0.15, 0.2) is 0 Å². The molecule has 0 saturated heterocycles. The molecule has 0 fully saturated rings. The molecule has 0 spiro atoms. The van der Waals surface area contributed by atoms with Gasteiger partial charge in [-0.25, -0.2) is 0 Å². The lowest BCUT2D eigenvalue weighted by atomic mass is 9.83. The molecule has 1 aliphatic carbocycles. The highest BCUT2D eigenvalue weighted by Gasteiger charge is 2.33. The van der Waals surface area contributed by atoms with Crippen LogP contribution < -0.4 is 0 Å². The summed E-state index contributed by atoms with van der Waals surface area (Å²) in [6, 6.07) is 15.4. The van der Waals surface area contributed by atoms with Gasteiger partial charge < -0.3 is 9.67 Å². The molecule has 0 radical (unpaired) electrons. The molecule has 35 heavy (non-hydrogen) atoms. The summed E-state index contributed by atoms with van der Waals surface area (Å²) in [5.41, 5.74) is 4.54. The van der Waals surface area contributed by atoms with Gasteiger partial charge in [0.1, 0.15) is 0 Å². The molecule has 0 bridgehead atoms. The van der Waals surface area contributed by atoms with Crippen LogP contribution in [0.3, 0.4) is 0 Å². The molecule has 0 amide bonds. The van der Waals surface area contributed by atoms with Crippen LogP contribution in [-0.2, 0) is 17.4 Å². The fourth-order valence-corrected chi connectivity index (χ4v) is 5.35. The molecule has 3 nitrogen and oxygen atoms in total. The van der Waals surface area contributed by atoms with Crippen LogP contribution in [0, 0.1) is 5.92 Å². The molecule has 4 rings (SSSR count). The van der Waals surface area contributed by atoms with E-state index in [4.69, 9.17) is 0 Å². The van der Waals surface area contributed by atoms with Gasteiger partial charge in [0.25, 0.3) is 0 Å². The van der Waals surface area contributed by atoms with Gasteiger partial charge in [-0.1, -0.05) is 56.3 Å². The van der Waals surface area contributed by atoms with Crippen molar-refractivity contribution in [2.75, 3.05) is 0 Å². The lowest BCUT2D eigenvalue weighted by Crippen LogP contribution is -2.21. The van der Waals surface area contributed by atoms with Crippen molar-refractivity contribution >= 4 is 5.97 Å². The molecular formula is C29H32F3NO2. The second-order valence-corrected chi connectivity index (χ2v) is 9.97. The zero-order valence-electron chi connectivity index (χ0n) is 20.2. The zero-order chi connectivity index (χ0) is 25.2. The van der Waals surface area contributed by atoms with Crippen molar-refractivity contribution in [1.29, 1.82) is 0 Å². The van der Waals surface area contributed by atoms with Gasteiger partial charge in [0.2, 0.25) is 0 Å². The van der Waals surface area contributed by atoms with Crippen LogP contribution in [0.4, 0.5) is 13.2 Å². The minimum atomic E-state index is -4.38. The highest BCUT2D eigenvalue weighted by atomic mass is 19.4. The largest absolute Gasteiger partial charge is 0.481 e. The monoisotopic (exact) mass is 483 g/mol. The normalized spacial score (nSPS) is 16.8. The summed E-state index contributed by atoms with van der Waals surface area (Å²) >= 11 is 0. The van der Waals surface area contributed by atoms with E-state index in [0.717, 1.165) is 66.6 Å². The first kappa shape index (κ1) is 25.1. The number of alkyl halides is 3. The van der Waals surface area contributed by atoms with Crippen LogP contribution in [0.1, 0.15) is 80.3 Å². The second kappa shape index (κ2) is 10.3. The van der Waals surface area contributed by atoms with Gasteiger partial charge in [0, 0.05) is 23.4 Å². The minimum Gasteiger partial charge on any atom is -0.481 e. The zero-order valence-corrected chi connectivity index (χ0v) is 20.2. The molecule has 2 aromatic carbocycles. The van der Waals surface area contributed by atoms with Crippen molar-refractivity contribution in [3.63, 3.8) is 0 Å². The molecule has 1 N–H and O–H groups in total. The predicted octanol–water partition coefficient (Wildman–Crippen LogP) is 8.09. The highest BCUT2D eigenvalue weighted by molar-refractivity contribution is 5.72. The summed E-state index contributed by atoms with van der Waals surface area (Å²) in [5, 5.41) is 9.63. The van der Waals surface area contributed by atoms with Crippen LogP contribution in [-0.4, -0.2) is 15.6 Å². The number of hydrogen-bond acceptors (Lipinski definition) is 1. The number of benzene rings is 2. The molecule has 1 heterocycles. The Hall–Kier alpha value is -3.02. The molecule has 0 saturated carbocycles. The fourth-order valence-electron chi connectivity index (χ4n) is 5.35. The van der Waals surface area contributed by atoms with E-state index in [-0.39, 0.29) is 18.4 Å². The third-order valence-electron chi connectivity index (χ3n) is 7.03. The SMILES string of the molecule is CC(C)CC[C@@H](c1ccc(C(F)(F)F)cc1)n1cc(-c2ccccc2)c2c1C(CC(=O)O)CCC2. The number of aromatic nitrogens is 1. The number of nitrogens with zero attached hydrogens (tertiary/aromatic N) is 1. The van der Waals surface area contributed by atoms with Gasteiger partial charge in [-0.2, -0.15) is 13.2 Å². The van der Waals surface area contributed by atoms with Crippen LogP contribution in [0.2, 0.25) is 0 Å². The maximum atomic E-state index is 13.2. The minimum absolute atomic E-state index is 0.0507. The van der Waals surface area contributed by atoms with Crippen LogP contribution in [0.5, 0.6) is 0 Å². The quantitative estimate of drug-likeness (QED) is 0.352. The van der Waals surface area contributed by atoms with Gasteiger partial charge in [0.05, 0.1) is 18.0 Å². The first-order valence-corrected chi connectivity index (χ1v) is 12.3. The average molecular weight is 484 g/mol. The molecule has 1 aliphatic rings. The number of carbonyl (C=O) groups is 1.